The molecule has 246 valence electrons. The van der Waals surface area contributed by atoms with Gasteiger partial charge in [-0.3, -0.25) is 19.4 Å². The molecule has 0 saturated carbocycles. The summed E-state index contributed by atoms with van der Waals surface area (Å²) in [5.74, 6) is -2.58. The number of rotatable bonds is 8. The molecule has 11 heteroatoms. The van der Waals surface area contributed by atoms with Crippen LogP contribution in [0.2, 0.25) is 0 Å². The highest BCUT2D eigenvalue weighted by Crippen LogP contribution is 2.51. The predicted octanol–water partition coefficient (Wildman–Crippen LogP) is 2.75. The van der Waals surface area contributed by atoms with Crippen molar-refractivity contribution in [2.45, 2.75) is 32.5 Å². The van der Waals surface area contributed by atoms with Gasteiger partial charge in [-0.2, -0.15) is 0 Å². The number of amides is 2. The number of carboxylic acid groups (broad SMARTS) is 1. The maximum Gasteiger partial charge on any atom is 0.352 e. The van der Waals surface area contributed by atoms with Crippen LogP contribution in [0.3, 0.4) is 0 Å². The van der Waals surface area contributed by atoms with Crippen molar-refractivity contribution in [3.05, 3.63) is 88.9 Å². The van der Waals surface area contributed by atoms with E-state index in [1.165, 1.54) is 10.5 Å². The van der Waals surface area contributed by atoms with Crippen molar-refractivity contribution in [1.29, 1.82) is 0 Å². The summed E-state index contributed by atoms with van der Waals surface area (Å²) in [6, 6.07) is 14.8. The average Bonchev–Trinajstić information content (AvgIpc) is 3.49. The maximum atomic E-state index is 13.7. The highest BCUT2D eigenvalue weighted by molar-refractivity contribution is 6.22. The lowest BCUT2D eigenvalue weighted by Gasteiger charge is -2.55. The molecule has 3 N–H and O–H groups in total. The molecule has 5 aliphatic heterocycles. The normalized spacial score (nSPS) is 28.9. The molecule has 4 saturated heterocycles. The van der Waals surface area contributed by atoms with Crippen LogP contribution < -0.4 is 5.32 Å². The molecule has 0 unspecified atom stereocenters. The van der Waals surface area contributed by atoms with E-state index in [1.807, 2.05) is 25.1 Å². The van der Waals surface area contributed by atoms with Crippen molar-refractivity contribution in [2.24, 2.45) is 11.8 Å². The first-order valence-electron chi connectivity index (χ1n) is 16.7. The van der Waals surface area contributed by atoms with Gasteiger partial charge < -0.3 is 29.4 Å². The maximum absolute atomic E-state index is 13.7. The van der Waals surface area contributed by atoms with Crippen molar-refractivity contribution in [3.8, 4) is 11.1 Å². The van der Waals surface area contributed by atoms with Crippen LogP contribution in [0.1, 0.15) is 40.9 Å². The molecular weight excluding hydrogens is 610 g/mol. The molecule has 6 heterocycles. The number of fused-ring (bicyclic) bond motifs is 7. The van der Waals surface area contributed by atoms with Crippen LogP contribution in [0.4, 0.5) is 5.69 Å². The van der Waals surface area contributed by atoms with Gasteiger partial charge in [0, 0.05) is 40.7 Å². The Morgan fingerprint density at radius 1 is 0.917 bits per heavy atom. The number of anilines is 1. The number of aliphatic carboxylic acids is 1. The molecule has 0 spiro atoms. The summed E-state index contributed by atoms with van der Waals surface area (Å²) in [5.41, 5.74) is 5.90. The van der Waals surface area contributed by atoms with Gasteiger partial charge >= 0.3 is 5.97 Å². The lowest BCUT2D eigenvalue weighted by molar-refractivity contribution is -1.08. The molecule has 48 heavy (non-hydrogen) atoms. The van der Waals surface area contributed by atoms with Crippen molar-refractivity contribution < 1.29 is 38.4 Å². The third-order valence-electron chi connectivity index (χ3n) is 11.7. The molecule has 9 rings (SSSR count). The number of carbonyl (C=O) groups excluding carboxylic acids is 3. The van der Waals surface area contributed by atoms with E-state index in [0.717, 1.165) is 71.6 Å². The summed E-state index contributed by atoms with van der Waals surface area (Å²) in [4.78, 5) is 57.1. The van der Waals surface area contributed by atoms with Crippen LogP contribution in [0.25, 0.3) is 16.7 Å². The van der Waals surface area contributed by atoms with E-state index >= 15 is 0 Å². The Bertz CT molecular complexity index is 1910. The number of benzene rings is 2. The Labute approximate surface area is 278 Å². The number of carbonyl (C=O) groups is 4. The van der Waals surface area contributed by atoms with Gasteiger partial charge in [0.25, 0.3) is 5.91 Å². The number of quaternary nitrogens is 2. The van der Waals surface area contributed by atoms with Gasteiger partial charge in [-0.25, -0.2) is 4.79 Å². The number of β-lactam (4-membered cyclic amide) rings is 1. The van der Waals surface area contributed by atoms with E-state index in [2.05, 4.69) is 22.4 Å². The summed E-state index contributed by atoms with van der Waals surface area (Å²) < 4.78 is 1.79. The Kier molecular flexibility index (Phi) is 6.96. The first-order chi connectivity index (χ1) is 23.0. The summed E-state index contributed by atoms with van der Waals surface area (Å²) in [6.45, 7) is 10.6. The molecule has 0 radical (unpaired) electrons. The number of ketones is 1. The summed E-state index contributed by atoms with van der Waals surface area (Å²) in [5, 5.41) is 23.4. The number of nitrogens with one attached hydrogen (secondary N) is 1. The fourth-order valence-electron chi connectivity index (χ4n) is 9.09. The minimum Gasteiger partial charge on any atom is -0.477 e. The summed E-state index contributed by atoms with van der Waals surface area (Å²) in [6.07, 6.45) is 2.46. The molecule has 1 aromatic heterocycles. The number of aliphatic hydroxyl groups excluding tert-OH is 1. The second-order valence-corrected chi connectivity index (χ2v) is 14.4. The zero-order valence-corrected chi connectivity index (χ0v) is 27.1. The van der Waals surface area contributed by atoms with Crippen LogP contribution in [-0.4, -0.2) is 111 Å². The van der Waals surface area contributed by atoms with E-state index in [-0.39, 0.29) is 29.2 Å². The Hall–Kier alpha value is -4.71. The van der Waals surface area contributed by atoms with Crippen LogP contribution in [-0.2, 0) is 20.9 Å². The minimum atomic E-state index is -1.19. The van der Waals surface area contributed by atoms with E-state index in [9.17, 15) is 29.4 Å². The summed E-state index contributed by atoms with van der Waals surface area (Å²) >= 11 is 0. The van der Waals surface area contributed by atoms with Gasteiger partial charge in [0.15, 0.2) is 12.3 Å². The van der Waals surface area contributed by atoms with Crippen molar-refractivity contribution in [2.75, 3.05) is 51.1 Å². The number of pyridine rings is 1. The molecule has 2 bridgehead atoms. The van der Waals surface area contributed by atoms with E-state index < -0.39 is 24.0 Å². The number of hydrogen-bond acceptors (Lipinski definition) is 6. The van der Waals surface area contributed by atoms with Crippen LogP contribution in [0.5, 0.6) is 0 Å². The number of aliphatic hydroxyl groups is 1. The standard InChI is InChI=1S/C37H37N5O6/c1-21-31(34(37(47)48)40-33(21)32(22(2)43)36(40)46)24-4-6-26-28-17-23(3-5-27(28)35(45)29(26)18-24)19-41-11-14-42(15-12-41,16-13-41)20-30(44)39-25-7-9-38-10-8-25/h3-10,17-18,21-22,32-33,43H,11-16,19-20H2,1-2H3/p+2/t21-,22+,32+,33+,41?,42?/m0/s1. The molecule has 1 aliphatic carbocycles. The molecule has 3 aromatic rings. The topological polar surface area (TPSA) is 137 Å². The van der Waals surface area contributed by atoms with Gasteiger partial charge in [0.1, 0.15) is 51.5 Å². The molecule has 2 amide bonds. The van der Waals surface area contributed by atoms with Gasteiger partial charge in [-0.1, -0.05) is 25.1 Å². The van der Waals surface area contributed by atoms with Gasteiger partial charge in [-0.05, 0) is 59.5 Å². The molecule has 4 atom stereocenters. The monoisotopic (exact) mass is 649 g/mol. The van der Waals surface area contributed by atoms with Crippen LogP contribution in [0, 0.1) is 11.8 Å². The third kappa shape index (κ3) is 4.63. The Morgan fingerprint density at radius 2 is 1.58 bits per heavy atom. The SMILES string of the molecule is C[C@@H](O)[C@H]1C(=O)N2C(C(=O)O)=C(c3ccc4c(c3)C(=O)c3ccc(C[N+]56CC[N+](CC(=O)Nc7ccncc7)(CC5)CC6)cc3-4)[C@H](C)[C@H]12. The number of hydrogen-bond donors (Lipinski definition) is 3. The highest BCUT2D eigenvalue weighted by atomic mass is 16.4. The Balaban J connectivity index is 1.00. The zero-order valence-electron chi connectivity index (χ0n) is 27.1. The van der Waals surface area contributed by atoms with Gasteiger partial charge in [-0.15, -0.1) is 0 Å². The van der Waals surface area contributed by atoms with Crippen LogP contribution >= 0.6 is 0 Å². The molecule has 11 nitrogen and oxygen atoms in total. The molecule has 4 fully saturated rings. The van der Waals surface area contributed by atoms with E-state index in [1.54, 1.807) is 37.5 Å². The number of aromatic nitrogens is 1. The zero-order chi connectivity index (χ0) is 33.5. The Morgan fingerprint density at radius 3 is 2.25 bits per heavy atom. The largest absolute Gasteiger partial charge is 0.477 e. The summed E-state index contributed by atoms with van der Waals surface area (Å²) in [7, 11) is 0. The minimum absolute atomic E-state index is 0.0355. The number of carboxylic acids is 1. The fraction of sp³-hybridized carbons (Fsp3) is 0.378. The van der Waals surface area contributed by atoms with E-state index in [4.69, 9.17) is 0 Å². The predicted molar refractivity (Wildman–Crippen MR) is 176 cm³/mol. The first-order valence-corrected chi connectivity index (χ1v) is 16.7. The number of piperazine rings is 3. The fourth-order valence-corrected chi connectivity index (χ4v) is 9.09. The van der Waals surface area contributed by atoms with Crippen molar-refractivity contribution >= 4 is 34.8 Å². The molecule has 2 aromatic carbocycles. The van der Waals surface area contributed by atoms with Gasteiger partial charge in [0.05, 0.1) is 18.1 Å². The van der Waals surface area contributed by atoms with Crippen LogP contribution in [0.15, 0.2) is 66.6 Å². The number of nitrogens with zero attached hydrogens (tertiary/aromatic N) is 4. The molecular formula is C37H39N5O6+2. The first kappa shape index (κ1) is 30.6. The van der Waals surface area contributed by atoms with Gasteiger partial charge in [0.2, 0.25) is 5.91 Å². The lowest BCUT2D eigenvalue weighted by Crippen LogP contribution is -2.75. The quantitative estimate of drug-likeness (QED) is 0.197. The van der Waals surface area contributed by atoms with E-state index in [0.29, 0.717) is 28.8 Å². The smallest absolute Gasteiger partial charge is 0.352 e. The average molecular weight is 650 g/mol. The second-order valence-electron chi connectivity index (χ2n) is 14.4. The van der Waals surface area contributed by atoms with Crippen molar-refractivity contribution in [1.82, 2.24) is 9.88 Å². The lowest BCUT2D eigenvalue weighted by atomic mass is 9.76. The highest BCUT2D eigenvalue weighted by Gasteiger charge is 2.60. The third-order valence-corrected chi connectivity index (χ3v) is 11.7. The van der Waals surface area contributed by atoms with Crippen molar-refractivity contribution in [3.63, 3.8) is 0 Å². The second kappa shape index (κ2) is 10.9. The molecule has 6 aliphatic rings.